The summed E-state index contributed by atoms with van der Waals surface area (Å²) < 4.78 is 11.3. The average molecular weight is 258 g/mol. The zero-order valence-corrected chi connectivity index (χ0v) is 10.9. The van der Waals surface area contributed by atoms with Crippen molar-refractivity contribution in [1.82, 2.24) is 0 Å². The van der Waals surface area contributed by atoms with E-state index in [1.807, 2.05) is 24.3 Å². The standard InChI is InChI=1S/C15H14O2S/c1-16-13-8-4-3-7-12(13)15-17-10-11-6-2-5-9-14(11)18-15/h2-9,15H,10H2,1H3/t15-/m1/s1. The largest absolute Gasteiger partial charge is 0.496 e. The zero-order chi connectivity index (χ0) is 12.4. The Kier molecular flexibility index (Phi) is 3.26. The molecule has 0 saturated heterocycles. The van der Waals surface area contributed by atoms with Crippen LogP contribution in [0.4, 0.5) is 0 Å². The summed E-state index contributed by atoms with van der Waals surface area (Å²) in [5.74, 6) is 0.884. The fourth-order valence-corrected chi connectivity index (χ4v) is 3.19. The van der Waals surface area contributed by atoms with Crippen LogP contribution in [0.25, 0.3) is 0 Å². The lowest BCUT2D eigenvalue weighted by Crippen LogP contribution is -2.08. The summed E-state index contributed by atoms with van der Waals surface area (Å²) in [6.07, 6.45) is 0. The third-order valence-electron chi connectivity index (χ3n) is 2.99. The quantitative estimate of drug-likeness (QED) is 0.810. The molecule has 0 unspecified atom stereocenters. The number of ether oxygens (including phenoxy) is 2. The SMILES string of the molecule is COc1ccccc1[C@@H]1OCc2ccccc2S1. The third-order valence-corrected chi connectivity index (χ3v) is 4.25. The molecule has 0 amide bonds. The maximum atomic E-state index is 5.92. The predicted octanol–water partition coefficient (Wildman–Crippen LogP) is 4.02. The Morgan fingerprint density at radius 1 is 1.11 bits per heavy atom. The summed E-state index contributed by atoms with van der Waals surface area (Å²) in [6.45, 7) is 0.659. The normalized spacial score (nSPS) is 18.2. The third kappa shape index (κ3) is 2.11. The highest BCUT2D eigenvalue weighted by Crippen LogP contribution is 2.45. The van der Waals surface area contributed by atoms with Gasteiger partial charge in [-0.1, -0.05) is 48.2 Å². The topological polar surface area (TPSA) is 18.5 Å². The molecular formula is C15H14O2S. The number of para-hydroxylation sites is 1. The van der Waals surface area contributed by atoms with Crippen LogP contribution in [-0.2, 0) is 11.3 Å². The molecule has 0 spiro atoms. The molecule has 0 saturated carbocycles. The first-order valence-electron chi connectivity index (χ1n) is 5.87. The number of benzene rings is 2. The monoisotopic (exact) mass is 258 g/mol. The Hall–Kier alpha value is -1.45. The van der Waals surface area contributed by atoms with Gasteiger partial charge in [0.25, 0.3) is 0 Å². The minimum atomic E-state index is 0.0102. The second-order valence-electron chi connectivity index (χ2n) is 4.11. The molecule has 0 radical (unpaired) electrons. The van der Waals surface area contributed by atoms with E-state index in [4.69, 9.17) is 9.47 Å². The zero-order valence-electron chi connectivity index (χ0n) is 10.1. The summed E-state index contributed by atoms with van der Waals surface area (Å²) in [7, 11) is 1.69. The van der Waals surface area contributed by atoms with E-state index in [0.717, 1.165) is 11.3 Å². The molecule has 2 nitrogen and oxygen atoms in total. The van der Waals surface area contributed by atoms with Gasteiger partial charge >= 0.3 is 0 Å². The van der Waals surface area contributed by atoms with Crippen molar-refractivity contribution >= 4 is 11.8 Å². The van der Waals surface area contributed by atoms with Crippen molar-refractivity contribution in [2.45, 2.75) is 16.9 Å². The van der Waals surface area contributed by atoms with E-state index < -0.39 is 0 Å². The summed E-state index contributed by atoms with van der Waals surface area (Å²) >= 11 is 1.74. The van der Waals surface area contributed by atoms with Gasteiger partial charge in [0.1, 0.15) is 11.2 Å². The summed E-state index contributed by atoms with van der Waals surface area (Å²) in [4.78, 5) is 1.29. The Morgan fingerprint density at radius 2 is 1.89 bits per heavy atom. The number of thioether (sulfide) groups is 1. The fraction of sp³-hybridized carbons (Fsp3) is 0.200. The first kappa shape index (κ1) is 11.6. The van der Waals surface area contributed by atoms with Crippen molar-refractivity contribution in [3.05, 3.63) is 59.7 Å². The summed E-state index contributed by atoms with van der Waals surface area (Å²) in [5, 5.41) is 0. The molecule has 1 atom stereocenters. The highest BCUT2D eigenvalue weighted by molar-refractivity contribution is 7.99. The van der Waals surface area contributed by atoms with Crippen LogP contribution < -0.4 is 4.74 Å². The van der Waals surface area contributed by atoms with Crippen molar-refractivity contribution in [2.75, 3.05) is 7.11 Å². The molecule has 0 bridgehead atoms. The van der Waals surface area contributed by atoms with Crippen molar-refractivity contribution in [3.63, 3.8) is 0 Å². The van der Waals surface area contributed by atoms with E-state index in [2.05, 4.69) is 24.3 Å². The Labute approximate surface area is 111 Å². The Morgan fingerprint density at radius 3 is 2.78 bits per heavy atom. The average Bonchev–Trinajstić information content (AvgIpc) is 2.46. The van der Waals surface area contributed by atoms with Gasteiger partial charge in [-0.3, -0.25) is 0 Å². The van der Waals surface area contributed by atoms with Crippen molar-refractivity contribution in [1.29, 1.82) is 0 Å². The van der Waals surface area contributed by atoms with Gasteiger partial charge in [-0.25, -0.2) is 0 Å². The van der Waals surface area contributed by atoms with Gasteiger partial charge in [-0.05, 0) is 17.7 Å². The summed E-state index contributed by atoms with van der Waals surface area (Å²) in [6, 6.07) is 16.4. The minimum absolute atomic E-state index is 0.0102. The van der Waals surface area contributed by atoms with E-state index >= 15 is 0 Å². The van der Waals surface area contributed by atoms with E-state index in [-0.39, 0.29) is 5.44 Å². The molecule has 0 fully saturated rings. The van der Waals surface area contributed by atoms with Crippen molar-refractivity contribution in [2.24, 2.45) is 0 Å². The van der Waals surface area contributed by atoms with Crippen LogP contribution in [0.5, 0.6) is 5.75 Å². The van der Waals surface area contributed by atoms with Crippen molar-refractivity contribution < 1.29 is 9.47 Å². The molecule has 2 aromatic rings. The molecule has 0 aromatic heterocycles. The first-order valence-corrected chi connectivity index (χ1v) is 6.75. The lowest BCUT2D eigenvalue weighted by Gasteiger charge is -2.25. The summed E-state index contributed by atoms with van der Waals surface area (Å²) in [5.41, 5.74) is 2.37. The smallest absolute Gasteiger partial charge is 0.136 e. The fourth-order valence-electron chi connectivity index (χ4n) is 2.07. The number of methoxy groups -OCH3 is 1. The maximum Gasteiger partial charge on any atom is 0.136 e. The number of hydrogen-bond acceptors (Lipinski definition) is 3. The van der Waals surface area contributed by atoms with Crippen LogP contribution in [0, 0.1) is 0 Å². The Balaban J connectivity index is 1.92. The molecule has 3 heteroatoms. The minimum Gasteiger partial charge on any atom is -0.496 e. The second kappa shape index (κ2) is 5.04. The molecular weight excluding hydrogens is 244 g/mol. The van der Waals surface area contributed by atoms with Crippen LogP contribution in [0.15, 0.2) is 53.4 Å². The van der Waals surface area contributed by atoms with Crippen LogP contribution >= 0.6 is 11.8 Å². The van der Waals surface area contributed by atoms with Gasteiger partial charge in [0, 0.05) is 10.5 Å². The molecule has 1 heterocycles. The predicted molar refractivity (Wildman–Crippen MR) is 72.8 cm³/mol. The number of rotatable bonds is 2. The van der Waals surface area contributed by atoms with Crippen LogP contribution in [-0.4, -0.2) is 7.11 Å². The molecule has 1 aliphatic heterocycles. The van der Waals surface area contributed by atoms with Crippen molar-refractivity contribution in [3.8, 4) is 5.75 Å². The molecule has 0 aliphatic carbocycles. The number of hydrogen-bond donors (Lipinski definition) is 0. The second-order valence-corrected chi connectivity index (χ2v) is 5.21. The van der Waals surface area contributed by atoms with Crippen LogP contribution in [0.2, 0.25) is 0 Å². The van der Waals surface area contributed by atoms with Gasteiger partial charge < -0.3 is 9.47 Å². The molecule has 1 aliphatic rings. The molecule has 18 heavy (non-hydrogen) atoms. The van der Waals surface area contributed by atoms with Crippen LogP contribution in [0.3, 0.4) is 0 Å². The van der Waals surface area contributed by atoms with Gasteiger partial charge in [0.2, 0.25) is 0 Å². The lowest BCUT2D eigenvalue weighted by molar-refractivity contribution is 0.0909. The van der Waals surface area contributed by atoms with Gasteiger partial charge in [-0.15, -0.1) is 0 Å². The van der Waals surface area contributed by atoms with E-state index in [0.29, 0.717) is 6.61 Å². The highest BCUT2D eigenvalue weighted by Gasteiger charge is 2.23. The lowest BCUT2D eigenvalue weighted by atomic mass is 10.2. The van der Waals surface area contributed by atoms with Gasteiger partial charge in [0.05, 0.1) is 13.7 Å². The molecule has 0 N–H and O–H groups in total. The van der Waals surface area contributed by atoms with Crippen LogP contribution in [0.1, 0.15) is 16.6 Å². The Bertz CT molecular complexity index is 554. The number of fused-ring (bicyclic) bond motifs is 1. The highest BCUT2D eigenvalue weighted by atomic mass is 32.2. The molecule has 92 valence electrons. The van der Waals surface area contributed by atoms with Gasteiger partial charge in [0.15, 0.2) is 0 Å². The maximum absolute atomic E-state index is 5.92. The van der Waals surface area contributed by atoms with E-state index in [1.54, 1.807) is 18.9 Å². The van der Waals surface area contributed by atoms with Gasteiger partial charge in [-0.2, -0.15) is 0 Å². The van der Waals surface area contributed by atoms with E-state index in [1.165, 1.54) is 10.5 Å². The molecule has 3 rings (SSSR count). The first-order chi connectivity index (χ1) is 8.88. The van der Waals surface area contributed by atoms with E-state index in [9.17, 15) is 0 Å². The molecule has 2 aromatic carbocycles.